The Balaban J connectivity index is 0.000000156. The van der Waals surface area contributed by atoms with Gasteiger partial charge in [0.2, 0.25) is 0 Å². The number of rotatable bonds is 22. The molecule has 4 fully saturated rings. The first-order chi connectivity index (χ1) is 61.1. The van der Waals surface area contributed by atoms with E-state index in [0.29, 0.717) is 86.8 Å². The van der Waals surface area contributed by atoms with Crippen LogP contribution in [0.1, 0.15) is 191 Å². The summed E-state index contributed by atoms with van der Waals surface area (Å²) >= 11 is 13.2. The minimum Gasteiger partial charge on any atom is -0.355 e. The first-order valence-corrected chi connectivity index (χ1v) is 45.0. The van der Waals surface area contributed by atoms with Crippen molar-refractivity contribution in [1.82, 2.24) is 0 Å². The second kappa shape index (κ2) is 48.3. The van der Waals surface area contributed by atoms with Gasteiger partial charge in [-0.25, -0.2) is 0 Å². The molecule has 0 amide bonds. The van der Waals surface area contributed by atoms with E-state index in [1.165, 1.54) is 44.5 Å². The number of carbonyl (C=O) groups is 2. The molecule has 0 bridgehead atoms. The molecule has 0 saturated carbocycles. The van der Waals surface area contributed by atoms with Crippen molar-refractivity contribution in [1.29, 1.82) is 0 Å². The Bertz CT molecular complexity index is 5340. The SMILES string of the molecule is CC(C)c1cccc(C(C)C)c1Nc1ccccc1C=O.CC(C)c1ccccc1Nc1ccccc1C1OCCO1.CC1(c2ccccc2Br)OCCO1.COC(OC)c1ccccc1Br.Cc1cc(C)c(Nc2ccccc2C=O)c(C)c1.Cc1cccc(C)c1Nc1ccccc1C1(C)OCCO1.Cc1cccc(Cl)c1Nc1ccccc1C1(C)OCCO1. The molecule has 0 spiro atoms. The van der Waals surface area contributed by atoms with Crippen molar-refractivity contribution in [3.8, 4) is 0 Å². The van der Waals surface area contributed by atoms with E-state index in [4.69, 9.17) is 59.0 Å². The normalized spacial score (nSPS) is 14.5. The second-order valence-corrected chi connectivity index (χ2v) is 34.5. The third kappa shape index (κ3) is 27.0. The third-order valence-corrected chi connectivity index (χ3v) is 23.7. The summed E-state index contributed by atoms with van der Waals surface area (Å²) in [6, 6.07) is 86.5. The lowest BCUT2D eigenvalue weighted by molar-refractivity contribution is -0.150. The number of carbonyl (C=O) groups excluding carboxylic acids is 2. The number of methoxy groups -OCH3 is 2. The lowest BCUT2D eigenvalue weighted by Crippen LogP contribution is -2.23. The van der Waals surface area contributed by atoms with Gasteiger partial charge in [-0.05, 0) is 191 Å². The lowest BCUT2D eigenvalue weighted by atomic mass is 9.92. The molecule has 12 aromatic carbocycles. The molecule has 4 heterocycles. The van der Waals surface area contributed by atoms with E-state index in [9.17, 15) is 9.59 Å². The fourth-order valence-electron chi connectivity index (χ4n) is 15.3. The van der Waals surface area contributed by atoms with Crippen LogP contribution in [0.3, 0.4) is 0 Å². The molecule has 20 heteroatoms. The molecule has 668 valence electrons. The van der Waals surface area contributed by atoms with E-state index >= 15 is 0 Å². The van der Waals surface area contributed by atoms with Crippen LogP contribution in [0.4, 0.5) is 56.9 Å². The van der Waals surface area contributed by atoms with Crippen molar-refractivity contribution in [3.05, 3.63) is 364 Å². The molecule has 12 aromatic rings. The molecular formula is C107H122Br2ClN5O12. The van der Waals surface area contributed by atoms with Gasteiger partial charge < -0.3 is 74.0 Å². The molecule has 0 radical (unpaired) electrons. The van der Waals surface area contributed by atoms with Crippen LogP contribution in [-0.4, -0.2) is 79.6 Å². The van der Waals surface area contributed by atoms with Crippen LogP contribution in [0.2, 0.25) is 5.02 Å². The molecule has 17 nitrogen and oxygen atoms in total. The molecule has 4 saturated heterocycles. The maximum Gasteiger partial charge on any atom is 0.194 e. The van der Waals surface area contributed by atoms with E-state index in [0.717, 1.165) is 112 Å². The van der Waals surface area contributed by atoms with Gasteiger partial charge in [0, 0.05) is 113 Å². The van der Waals surface area contributed by atoms with Gasteiger partial charge in [-0.15, -0.1) is 0 Å². The summed E-state index contributed by atoms with van der Waals surface area (Å²) in [7, 11) is 3.24. The van der Waals surface area contributed by atoms with Crippen LogP contribution in [0.25, 0.3) is 0 Å². The fraction of sp³-hybridized carbons (Fsp3) is 0.308. The van der Waals surface area contributed by atoms with Crippen molar-refractivity contribution < 1.29 is 57.0 Å². The fourth-order valence-corrected chi connectivity index (χ4v) is 16.7. The van der Waals surface area contributed by atoms with Gasteiger partial charge in [0.05, 0.1) is 63.6 Å². The molecule has 0 aliphatic carbocycles. The molecule has 16 rings (SSSR count). The summed E-state index contributed by atoms with van der Waals surface area (Å²) in [4.78, 5) is 22.2. The third-order valence-electron chi connectivity index (χ3n) is 22.0. The summed E-state index contributed by atoms with van der Waals surface area (Å²) in [6.07, 6.45) is 1.22. The van der Waals surface area contributed by atoms with E-state index < -0.39 is 17.4 Å². The average Bonchev–Trinajstić information content (AvgIpc) is 1.71. The van der Waals surface area contributed by atoms with Gasteiger partial charge in [-0.1, -0.05) is 285 Å². The van der Waals surface area contributed by atoms with E-state index in [-0.39, 0.29) is 12.6 Å². The van der Waals surface area contributed by atoms with Gasteiger partial charge in [-0.2, -0.15) is 0 Å². The molecule has 0 atom stereocenters. The number of nitrogens with one attached hydrogen (secondary N) is 5. The second-order valence-electron chi connectivity index (χ2n) is 32.4. The van der Waals surface area contributed by atoms with Crippen LogP contribution in [-0.2, 0) is 64.7 Å². The minimum absolute atomic E-state index is 0.264. The van der Waals surface area contributed by atoms with Crippen LogP contribution >= 0.6 is 43.5 Å². The molecule has 127 heavy (non-hydrogen) atoms. The highest BCUT2D eigenvalue weighted by Crippen LogP contribution is 2.43. The van der Waals surface area contributed by atoms with Gasteiger partial charge in [0.15, 0.2) is 42.5 Å². The summed E-state index contributed by atoms with van der Waals surface area (Å²) in [5.74, 6) is -0.622. The van der Waals surface area contributed by atoms with Crippen molar-refractivity contribution in [2.45, 2.75) is 152 Å². The molecule has 4 aliphatic rings. The number of benzene rings is 12. The largest absolute Gasteiger partial charge is 0.355 e. The molecular weight excluding hydrogens is 1740 g/mol. The van der Waals surface area contributed by atoms with Crippen molar-refractivity contribution in [2.24, 2.45) is 0 Å². The Morgan fingerprint density at radius 1 is 0.346 bits per heavy atom. The zero-order valence-electron chi connectivity index (χ0n) is 76.1. The number of aldehydes is 2. The Hall–Kier alpha value is -10.2. The zero-order valence-corrected chi connectivity index (χ0v) is 80.0. The van der Waals surface area contributed by atoms with Crippen LogP contribution in [0.5, 0.6) is 0 Å². The molecule has 0 aromatic heterocycles. The summed E-state index contributed by atoms with van der Waals surface area (Å²) in [6.45, 7) is 36.6. The number of ether oxygens (including phenoxy) is 10. The Morgan fingerprint density at radius 2 is 0.685 bits per heavy atom. The van der Waals surface area contributed by atoms with Gasteiger partial charge in [-0.3, -0.25) is 9.59 Å². The van der Waals surface area contributed by atoms with Crippen molar-refractivity contribution >= 4 is 113 Å². The number of halogens is 3. The number of hydrogen-bond donors (Lipinski definition) is 5. The first-order valence-electron chi connectivity index (χ1n) is 43.1. The van der Waals surface area contributed by atoms with Gasteiger partial charge in [0.25, 0.3) is 0 Å². The van der Waals surface area contributed by atoms with Crippen molar-refractivity contribution in [3.63, 3.8) is 0 Å². The number of hydrogen-bond acceptors (Lipinski definition) is 17. The Morgan fingerprint density at radius 3 is 1.13 bits per heavy atom. The van der Waals surface area contributed by atoms with Crippen LogP contribution in [0, 0.1) is 41.5 Å². The lowest BCUT2D eigenvalue weighted by Gasteiger charge is -2.26. The van der Waals surface area contributed by atoms with Gasteiger partial charge in [0.1, 0.15) is 0 Å². The quantitative estimate of drug-likeness (QED) is 0.0318. The Labute approximate surface area is 773 Å². The minimum atomic E-state index is -0.710. The monoisotopic (exact) mass is 1860 g/mol. The maximum atomic E-state index is 11.2. The highest BCUT2D eigenvalue weighted by molar-refractivity contribution is 9.10. The predicted octanol–water partition coefficient (Wildman–Crippen LogP) is 28.5. The topological polar surface area (TPSA) is 187 Å². The first kappa shape index (κ1) is 99.0. The van der Waals surface area contributed by atoms with Crippen LogP contribution < -0.4 is 26.6 Å². The van der Waals surface area contributed by atoms with Crippen LogP contribution in [0.15, 0.2) is 270 Å². The molecule has 5 N–H and O–H groups in total. The standard InChI is InChI=1S/C19H23NO.2C18H21NO2.C17H18ClNO2.C16H17NO.C10H11BrO2.C9H11BrO2/c1-13(2)16-9-7-10-17(14(3)4)19(16)20-18-11-6-5-8-15(18)12-21;1-13-7-6-8-14(2)17(13)19-16-10-5-4-9-15(16)18(3)20-11-12-21-18;1-13(2)14-7-3-5-9-16(14)19-17-10-6-4-8-15(17)18-20-11-12-21-18;1-12-6-5-8-14(18)16(12)19-15-9-4-3-7-13(15)17(2)20-10-11-21-17;1-11-8-12(2)16(13(3)9-11)17-15-7-5-4-6-14(15)10-18;1-10(12-6-7-13-10)8-4-2-3-5-9(8)11;1-11-9(12-2)7-5-3-4-6-8(7)10/h5-14,20H,1-4H3;4-10,19H,11-12H2,1-3H3;3-10,13,18-19H,11-12H2,1-2H3;3-9,19H,10-11H2,1-2H3;4-10,17H,1-3H3;2-5H,6-7H2,1H3;3-6,9H,1-2H3. The predicted molar refractivity (Wildman–Crippen MR) is 525 cm³/mol. The summed E-state index contributed by atoms with van der Waals surface area (Å²) in [5.41, 5.74) is 27.6. The smallest absolute Gasteiger partial charge is 0.194 e. The number of aryl methyl sites for hydroxylation is 6. The maximum absolute atomic E-state index is 11.2. The van der Waals surface area contributed by atoms with Gasteiger partial charge >= 0.3 is 0 Å². The van der Waals surface area contributed by atoms with E-state index in [1.54, 1.807) is 14.2 Å². The highest BCUT2D eigenvalue weighted by atomic mass is 79.9. The zero-order chi connectivity index (χ0) is 91.2. The Kier molecular flexibility index (Phi) is 37.6. The highest BCUT2D eigenvalue weighted by Gasteiger charge is 2.38. The van der Waals surface area contributed by atoms with Crippen molar-refractivity contribution in [2.75, 3.05) is 93.7 Å². The molecule has 4 aliphatic heterocycles. The summed E-state index contributed by atoms with van der Waals surface area (Å²) in [5, 5.41) is 18.1. The van der Waals surface area contributed by atoms with E-state index in [1.807, 2.05) is 191 Å². The molecule has 0 unspecified atom stereocenters. The summed E-state index contributed by atoms with van der Waals surface area (Å²) < 4.78 is 57.8. The number of para-hydroxylation sites is 9. The van der Waals surface area contributed by atoms with E-state index in [2.05, 4.69) is 232 Å². The number of anilines is 10. The average molecular weight is 1870 g/mol.